The number of halogens is 1. The molecule has 3 rings (SSSR count). The van der Waals surface area contributed by atoms with Gasteiger partial charge in [0.25, 0.3) is 11.6 Å². The number of rotatable bonds is 3. The number of nitro groups is 1. The van der Waals surface area contributed by atoms with E-state index in [1.807, 2.05) is 31.2 Å². The van der Waals surface area contributed by atoms with Gasteiger partial charge in [-0.2, -0.15) is 0 Å². The van der Waals surface area contributed by atoms with Gasteiger partial charge in [0, 0.05) is 17.6 Å². The highest BCUT2D eigenvalue weighted by Crippen LogP contribution is 2.27. The van der Waals surface area contributed by atoms with Crippen molar-refractivity contribution in [2.75, 3.05) is 19.7 Å². The molecule has 130 valence electrons. The van der Waals surface area contributed by atoms with Crippen LogP contribution in [0.3, 0.4) is 0 Å². The van der Waals surface area contributed by atoms with Crippen LogP contribution >= 0.6 is 11.6 Å². The van der Waals surface area contributed by atoms with Crippen molar-refractivity contribution in [3.8, 4) is 0 Å². The lowest BCUT2D eigenvalue weighted by molar-refractivity contribution is -0.385. The largest absolute Gasteiger partial charge is 0.370 e. The van der Waals surface area contributed by atoms with Crippen molar-refractivity contribution >= 4 is 23.2 Å². The van der Waals surface area contributed by atoms with Gasteiger partial charge in [-0.1, -0.05) is 41.4 Å². The van der Waals surface area contributed by atoms with E-state index in [1.165, 1.54) is 18.2 Å². The first-order valence-electron chi connectivity index (χ1n) is 7.87. The predicted octanol–water partition coefficient (Wildman–Crippen LogP) is 3.77. The zero-order valence-electron chi connectivity index (χ0n) is 13.6. The van der Waals surface area contributed by atoms with Crippen molar-refractivity contribution in [2.24, 2.45) is 0 Å². The van der Waals surface area contributed by atoms with Crippen LogP contribution in [0, 0.1) is 17.0 Å². The summed E-state index contributed by atoms with van der Waals surface area (Å²) in [4.78, 5) is 25.0. The van der Waals surface area contributed by atoms with Crippen LogP contribution < -0.4 is 0 Å². The maximum Gasteiger partial charge on any atom is 0.282 e. The minimum atomic E-state index is -0.568. The summed E-state index contributed by atoms with van der Waals surface area (Å²) in [5.74, 6) is -0.408. The summed E-state index contributed by atoms with van der Waals surface area (Å²) in [5, 5.41) is 11.5. The molecule has 0 bridgehead atoms. The maximum atomic E-state index is 12.8. The van der Waals surface area contributed by atoms with E-state index in [2.05, 4.69) is 0 Å². The topological polar surface area (TPSA) is 72.7 Å². The van der Waals surface area contributed by atoms with Crippen molar-refractivity contribution in [3.05, 3.63) is 74.3 Å². The van der Waals surface area contributed by atoms with Crippen molar-refractivity contribution in [2.45, 2.75) is 13.0 Å². The molecular formula is C18H17ClN2O4. The number of hydrogen-bond donors (Lipinski definition) is 0. The average molecular weight is 361 g/mol. The van der Waals surface area contributed by atoms with Gasteiger partial charge in [0.15, 0.2) is 0 Å². The molecule has 1 amide bonds. The number of nitro benzene ring substituents is 1. The van der Waals surface area contributed by atoms with Crippen LogP contribution in [-0.4, -0.2) is 35.4 Å². The van der Waals surface area contributed by atoms with Gasteiger partial charge in [0.1, 0.15) is 11.7 Å². The van der Waals surface area contributed by atoms with Crippen LogP contribution in [-0.2, 0) is 4.74 Å². The number of carbonyl (C=O) groups excluding carboxylic acids is 1. The number of ether oxygens (including phenoxy) is 1. The summed E-state index contributed by atoms with van der Waals surface area (Å²) in [6, 6.07) is 11.9. The van der Waals surface area contributed by atoms with E-state index in [-0.39, 0.29) is 22.4 Å². The maximum absolute atomic E-state index is 12.8. The fraction of sp³-hybridized carbons (Fsp3) is 0.278. The zero-order valence-corrected chi connectivity index (χ0v) is 14.4. The van der Waals surface area contributed by atoms with E-state index in [1.54, 1.807) is 4.90 Å². The van der Waals surface area contributed by atoms with E-state index in [0.717, 1.165) is 11.1 Å². The summed E-state index contributed by atoms with van der Waals surface area (Å²) in [5.41, 5.74) is 1.88. The van der Waals surface area contributed by atoms with Crippen LogP contribution in [0.25, 0.3) is 0 Å². The first-order valence-corrected chi connectivity index (χ1v) is 8.25. The van der Waals surface area contributed by atoms with Crippen LogP contribution in [0.15, 0.2) is 42.5 Å². The Bertz CT molecular complexity index is 807. The number of nitrogens with zero attached hydrogens (tertiary/aromatic N) is 2. The molecule has 0 N–H and O–H groups in total. The highest BCUT2D eigenvalue weighted by molar-refractivity contribution is 6.31. The lowest BCUT2D eigenvalue weighted by Gasteiger charge is -2.33. The summed E-state index contributed by atoms with van der Waals surface area (Å²) in [6.07, 6.45) is -0.253. The second-order valence-corrected chi connectivity index (χ2v) is 6.38. The van der Waals surface area contributed by atoms with Gasteiger partial charge < -0.3 is 9.64 Å². The van der Waals surface area contributed by atoms with E-state index >= 15 is 0 Å². The lowest BCUT2D eigenvalue weighted by atomic mass is 10.0. The highest BCUT2D eigenvalue weighted by Gasteiger charge is 2.30. The molecule has 2 aromatic carbocycles. The molecule has 1 aliphatic rings. The summed E-state index contributed by atoms with van der Waals surface area (Å²) in [7, 11) is 0. The Morgan fingerprint density at radius 1 is 1.28 bits per heavy atom. The standard InChI is InChI=1S/C18H17ClN2O4/c1-12-2-4-13(5-3-12)17-11-20(8-9-25-17)18(22)15-10-14(19)6-7-16(15)21(23)24/h2-7,10,17H,8-9,11H2,1H3. The Kier molecular flexibility index (Phi) is 5.01. The second kappa shape index (κ2) is 7.21. The molecule has 7 heteroatoms. The molecule has 1 saturated heterocycles. The molecule has 1 unspecified atom stereocenters. The Balaban J connectivity index is 1.84. The van der Waals surface area contributed by atoms with Gasteiger partial charge in [-0.05, 0) is 24.6 Å². The monoisotopic (exact) mass is 360 g/mol. The molecule has 0 aliphatic carbocycles. The molecule has 1 fully saturated rings. The van der Waals surface area contributed by atoms with E-state index < -0.39 is 10.8 Å². The van der Waals surface area contributed by atoms with Gasteiger partial charge in [0.05, 0.1) is 18.1 Å². The van der Waals surface area contributed by atoms with E-state index in [4.69, 9.17) is 16.3 Å². The van der Waals surface area contributed by atoms with Gasteiger partial charge >= 0.3 is 0 Å². The number of aryl methyl sites for hydroxylation is 1. The normalized spacial score (nSPS) is 17.4. The Labute approximate surface area is 150 Å². The van der Waals surface area contributed by atoms with Gasteiger partial charge in [-0.3, -0.25) is 14.9 Å². The molecule has 25 heavy (non-hydrogen) atoms. The third kappa shape index (κ3) is 3.81. The van der Waals surface area contributed by atoms with Crippen molar-refractivity contribution in [3.63, 3.8) is 0 Å². The second-order valence-electron chi connectivity index (χ2n) is 5.94. The fourth-order valence-electron chi connectivity index (χ4n) is 2.83. The SMILES string of the molecule is Cc1ccc(C2CN(C(=O)c3cc(Cl)ccc3[N+](=O)[O-])CCO2)cc1. The van der Waals surface area contributed by atoms with E-state index in [0.29, 0.717) is 19.7 Å². The van der Waals surface area contributed by atoms with Crippen molar-refractivity contribution in [1.82, 2.24) is 4.90 Å². The van der Waals surface area contributed by atoms with Crippen LogP contribution in [0.4, 0.5) is 5.69 Å². The number of hydrogen-bond acceptors (Lipinski definition) is 4. The summed E-state index contributed by atoms with van der Waals surface area (Å²) in [6.45, 7) is 3.09. The molecule has 1 aliphatic heterocycles. The number of morpholine rings is 1. The first kappa shape index (κ1) is 17.4. The first-order chi connectivity index (χ1) is 12.0. The molecule has 0 saturated carbocycles. The van der Waals surface area contributed by atoms with Crippen molar-refractivity contribution < 1.29 is 14.5 Å². The van der Waals surface area contributed by atoms with Crippen LogP contribution in [0.5, 0.6) is 0 Å². The number of benzene rings is 2. The molecular weight excluding hydrogens is 344 g/mol. The molecule has 0 radical (unpaired) electrons. The van der Waals surface area contributed by atoms with Crippen molar-refractivity contribution in [1.29, 1.82) is 0 Å². The summed E-state index contributed by atoms with van der Waals surface area (Å²) >= 11 is 5.93. The third-order valence-corrected chi connectivity index (χ3v) is 4.42. The molecule has 1 atom stereocenters. The van der Waals surface area contributed by atoms with Crippen LogP contribution in [0.1, 0.15) is 27.6 Å². The third-order valence-electron chi connectivity index (χ3n) is 4.19. The van der Waals surface area contributed by atoms with Gasteiger partial charge in [0.2, 0.25) is 0 Å². The highest BCUT2D eigenvalue weighted by atomic mass is 35.5. The minimum Gasteiger partial charge on any atom is -0.370 e. The number of amides is 1. The summed E-state index contributed by atoms with van der Waals surface area (Å²) < 4.78 is 5.77. The number of carbonyl (C=O) groups is 1. The molecule has 1 heterocycles. The molecule has 0 aromatic heterocycles. The zero-order chi connectivity index (χ0) is 18.0. The smallest absolute Gasteiger partial charge is 0.282 e. The Morgan fingerprint density at radius 2 is 2.00 bits per heavy atom. The Hall–Kier alpha value is -2.44. The lowest BCUT2D eigenvalue weighted by Crippen LogP contribution is -2.42. The van der Waals surface area contributed by atoms with Crippen LogP contribution in [0.2, 0.25) is 5.02 Å². The molecule has 2 aromatic rings. The van der Waals surface area contributed by atoms with Gasteiger partial charge in [-0.25, -0.2) is 0 Å². The van der Waals surface area contributed by atoms with E-state index in [9.17, 15) is 14.9 Å². The quantitative estimate of drug-likeness (QED) is 0.617. The predicted molar refractivity (Wildman–Crippen MR) is 93.9 cm³/mol. The Morgan fingerprint density at radius 3 is 2.68 bits per heavy atom. The fourth-order valence-corrected chi connectivity index (χ4v) is 3.00. The minimum absolute atomic E-state index is 0.00190. The molecule has 0 spiro atoms. The van der Waals surface area contributed by atoms with Gasteiger partial charge in [-0.15, -0.1) is 0 Å². The average Bonchev–Trinajstić information content (AvgIpc) is 2.61. The molecule has 6 nitrogen and oxygen atoms in total.